The molecule has 122 valence electrons. The minimum absolute atomic E-state index is 0.0367. The SMILES string of the molecule is OC[C@H]1NCCN(c2ccc(Cl)cc2Cl)[C@H]1c1ccc(Cl)cc1. The highest BCUT2D eigenvalue weighted by molar-refractivity contribution is 6.36. The van der Waals surface area contributed by atoms with E-state index in [2.05, 4.69) is 10.2 Å². The zero-order valence-electron chi connectivity index (χ0n) is 12.3. The summed E-state index contributed by atoms with van der Waals surface area (Å²) in [6, 6.07) is 13.1. The van der Waals surface area contributed by atoms with Gasteiger partial charge in [-0.3, -0.25) is 0 Å². The van der Waals surface area contributed by atoms with Crippen molar-refractivity contribution in [3.8, 4) is 0 Å². The summed E-state index contributed by atoms with van der Waals surface area (Å²) >= 11 is 18.4. The fourth-order valence-corrected chi connectivity index (χ4v) is 3.70. The Hall–Kier alpha value is -0.970. The van der Waals surface area contributed by atoms with E-state index in [0.717, 1.165) is 24.3 Å². The molecule has 2 aromatic rings. The van der Waals surface area contributed by atoms with Gasteiger partial charge in [-0.05, 0) is 35.9 Å². The maximum Gasteiger partial charge on any atom is 0.0719 e. The molecular formula is C17H17Cl3N2O. The Bertz CT molecular complexity index is 678. The summed E-state index contributed by atoms with van der Waals surface area (Å²) in [6.45, 7) is 1.59. The number of nitrogens with one attached hydrogen (secondary N) is 1. The summed E-state index contributed by atoms with van der Waals surface area (Å²) in [5.41, 5.74) is 1.99. The van der Waals surface area contributed by atoms with Crippen LogP contribution in [-0.4, -0.2) is 30.8 Å². The second-order valence-corrected chi connectivity index (χ2v) is 6.81. The average Bonchev–Trinajstić information content (AvgIpc) is 2.55. The molecule has 0 aromatic heterocycles. The highest BCUT2D eigenvalue weighted by atomic mass is 35.5. The number of aliphatic hydroxyl groups is 1. The van der Waals surface area contributed by atoms with Crippen LogP contribution in [0.25, 0.3) is 0 Å². The Morgan fingerprint density at radius 3 is 2.39 bits per heavy atom. The van der Waals surface area contributed by atoms with Gasteiger partial charge < -0.3 is 15.3 Å². The van der Waals surface area contributed by atoms with Crippen LogP contribution in [0.3, 0.4) is 0 Å². The smallest absolute Gasteiger partial charge is 0.0719 e. The average molecular weight is 372 g/mol. The topological polar surface area (TPSA) is 35.5 Å². The minimum atomic E-state index is -0.0864. The van der Waals surface area contributed by atoms with Crippen LogP contribution in [0.1, 0.15) is 11.6 Å². The van der Waals surface area contributed by atoms with Crippen LogP contribution in [0.4, 0.5) is 5.69 Å². The minimum Gasteiger partial charge on any atom is -0.395 e. The lowest BCUT2D eigenvalue weighted by atomic mass is 9.95. The first-order valence-corrected chi connectivity index (χ1v) is 8.55. The third-order valence-corrected chi connectivity index (χ3v) is 4.89. The number of piperazine rings is 1. The maximum absolute atomic E-state index is 9.79. The van der Waals surface area contributed by atoms with E-state index in [1.165, 1.54) is 0 Å². The van der Waals surface area contributed by atoms with Crippen LogP contribution in [0, 0.1) is 0 Å². The van der Waals surface area contributed by atoms with Gasteiger partial charge in [0.25, 0.3) is 0 Å². The molecule has 3 nitrogen and oxygen atoms in total. The lowest BCUT2D eigenvalue weighted by Crippen LogP contribution is -2.54. The Balaban J connectivity index is 2.03. The standard InChI is InChI=1S/C17H17Cl3N2O/c18-12-3-1-11(2-4-12)17-15(10-23)21-7-8-22(17)16-6-5-13(19)9-14(16)20/h1-6,9,15,17,21,23H,7-8,10H2/t15-,17+/m1/s1. The number of nitrogens with zero attached hydrogens (tertiary/aromatic N) is 1. The molecule has 1 heterocycles. The number of hydrogen-bond donors (Lipinski definition) is 2. The van der Waals surface area contributed by atoms with Crippen LogP contribution in [0.2, 0.25) is 15.1 Å². The molecule has 1 aliphatic rings. The highest BCUT2D eigenvalue weighted by Gasteiger charge is 2.33. The Morgan fingerprint density at radius 1 is 1.04 bits per heavy atom. The van der Waals surface area contributed by atoms with Gasteiger partial charge in [-0.25, -0.2) is 0 Å². The first kappa shape index (κ1) is 16.9. The lowest BCUT2D eigenvalue weighted by Gasteiger charge is -2.43. The van der Waals surface area contributed by atoms with Crippen molar-refractivity contribution in [2.75, 3.05) is 24.6 Å². The van der Waals surface area contributed by atoms with E-state index in [1.54, 1.807) is 6.07 Å². The molecule has 0 aliphatic carbocycles. The normalized spacial score (nSPS) is 21.5. The summed E-state index contributed by atoms with van der Waals surface area (Å²) in [5.74, 6) is 0. The van der Waals surface area contributed by atoms with Gasteiger partial charge in [0.15, 0.2) is 0 Å². The van der Waals surface area contributed by atoms with Crippen LogP contribution in [0.15, 0.2) is 42.5 Å². The van der Waals surface area contributed by atoms with Crippen LogP contribution in [0.5, 0.6) is 0 Å². The van der Waals surface area contributed by atoms with E-state index in [9.17, 15) is 5.11 Å². The van der Waals surface area contributed by atoms with Gasteiger partial charge in [-0.15, -0.1) is 0 Å². The monoisotopic (exact) mass is 370 g/mol. The first-order valence-electron chi connectivity index (χ1n) is 7.41. The quantitative estimate of drug-likeness (QED) is 0.850. The molecule has 2 atom stereocenters. The van der Waals surface area contributed by atoms with E-state index >= 15 is 0 Å². The lowest BCUT2D eigenvalue weighted by molar-refractivity contribution is 0.208. The Labute approximate surface area is 150 Å². The highest BCUT2D eigenvalue weighted by Crippen LogP contribution is 2.37. The fourth-order valence-electron chi connectivity index (χ4n) is 3.06. The van der Waals surface area contributed by atoms with E-state index in [-0.39, 0.29) is 18.7 Å². The predicted octanol–water partition coefficient (Wildman–Crippen LogP) is 4.16. The molecule has 0 spiro atoms. The van der Waals surface area contributed by atoms with Gasteiger partial charge >= 0.3 is 0 Å². The molecule has 0 radical (unpaired) electrons. The van der Waals surface area contributed by atoms with Crippen molar-refractivity contribution >= 4 is 40.5 Å². The van der Waals surface area contributed by atoms with Crippen LogP contribution in [-0.2, 0) is 0 Å². The van der Waals surface area contributed by atoms with Gasteiger partial charge in [0, 0.05) is 23.1 Å². The fraction of sp³-hybridized carbons (Fsp3) is 0.294. The van der Waals surface area contributed by atoms with Crippen molar-refractivity contribution in [3.05, 3.63) is 63.1 Å². The third kappa shape index (κ3) is 3.59. The molecule has 2 aromatic carbocycles. The van der Waals surface area contributed by atoms with E-state index in [1.807, 2.05) is 36.4 Å². The summed E-state index contributed by atoms with van der Waals surface area (Å²) in [7, 11) is 0. The number of benzene rings is 2. The van der Waals surface area contributed by atoms with Crippen molar-refractivity contribution in [3.63, 3.8) is 0 Å². The van der Waals surface area contributed by atoms with E-state index < -0.39 is 0 Å². The van der Waals surface area contributed by atoms with Crippen molar-refractivity contribution in [2.45, 2.75) is 12.1 Å². The Kier molecular flexibility index (Phi) is 5.34. The van der Waals surface area contributed by atoms with Crippen molar-refractivity contribution in [1.29, 1.82) is 0 Å². The molecule has 0 amide bonds. The second kappa shape index (κ2) is 7.29. The molecule has 3 rings (SSSR count). The number of rotatable bonds is 3. The van der Waals surface area contributed by atoms with Gasteiger partial charge in [0.05, 0.1) is 29.4 Å². The number of halogens is 3. The molecule has 1 fully saturated rings. The second-order valence-electron chi connectivity index (χ2n) is 5.53. The maximum atomic E-state index is 9.79. The Morgan fingerprint density at radius 2 is 1.74 bits per heavy atom. The van der Waals surface area contributed by atoms with E-state index in [4.69, 9.17) is 34.8 Å². The van der Waals surface area contributed by atoms with Crippen molar-refractivity contribution in [1.82, 2.24) is 5.32 Å². The summed E-state index contributed by atoms with van der Waals surface area (Å²) in [6.07, 6.45) is 0. The van der Waals surface area contributed by atoms with Crippen molar-refractivity contribution in [2.24, 2.45) is 0 Å². The molecular weight excluding hydrogens is 355 g/mol. The first-order chi connectivity index (χ1) is 11.1. The number of aliphatic hydroxyl groups excluding tert-OH is 1. The molecule has 0 saturated carbocycles. The third-order valence-electron chi connectivity index (χ3n) is 4.10. The molecule has 1 saturated heterocycles. The summed E-state index contributed by atoms with van der Waals surface area (Å²) in [5, 5.41) is 15.1. The zero-order valence-corrected chi connectivity index (χ0v) is 14.6. The van der Waals surface area contributed by atoms with Gasteiger partial charge in [0.2, 0.25) is 0 Å². The summed E-state index contributed by atoms with van der Waals surface area (Å²) < 4.78 is 0. The summed E-state index contributed by atoms with van der Waals surface area (Å²) in [4.78, 5) is 2.21. The largest absolute Gasteiger partial charge is 0.395 e. The van der Waals surface area contributed by atoms with E-state index in [0.29, 0.717) is 15.1 Å². The predicted molar refractivity (Wildman–Crippen MR) is 96.9 cm³/mol. The van der Waals surface area contributed by atoms with Crippen molar-refractivity contribution < 1.29 is 5.11 Å². The number of hydrogen-bond acceptors (Lipinski definition) is 3. The number of anilines is 1. The zero-order chi connectivity index (χ0) is 16.4. The molecule has 0 bridgehead atoms. The van der Waals surface area contributed by atoms with Gasteiger partial charge in [0.1, 0.15) is 0 Å². The molecule has 23 heavy (non-hydrogen) atoms. The molecule has 0 unspecified atom stereocenters. The van der Waals surface area contributed by atoms with Gasteiger partial charge in [-0.2, -0.15) is 0 Å². The molecule has 2 N–H and O–H groups in total. The van der Waals surface area contributed by atoms with Crippen LogP contribution >= 0.6 is 34.8 Å². The van der Waals surface area contributed by atoms with Crippen LogP contribution < -0.4 is 10.2 Å². The van der Waals surface area contributed by atoms with Gasteiger partial charge in [-0.1, -0.05) is 46.9 Å². The molecule has 6 heteroatoms. The molecule has 1 aliphatic heterocycles.